The van der Waals surface area contributed by atoms with Gasteiger partial charge >= 0.3 is 0 Å². The Kier molecular flexibility index (Phi) is 3.53. The van der Waals surface area contributed by atoms with Crippen molar-refractivity contribution in [3.05, 3.63) is 18.2 Å². The molecule has 0 aliphatic heterocycles. The van der Waals surface area contributed by atoms with E-state index in [1.165, 1.54) is 25.7 Å². The number of rotatable bonds is 4. The van der Waals surface area contributed by atoms with Crippen molar-refractivity contribution >= 4 is 11.4 Å². The summed E-state index contributed by atoms with van der Waals surface area (Å²) < 4.78 is 1.91. The molecule has 3 rings (SSSR count). The molecule has 0 atom stereocenters. The summed E-state index contributed by atoms with van der Waals surface area (Å²) in [4.78, 5) is 0. The van der Waals surface area contributed by atoms with Gasteiger partial charge in [-0.1, -0.05) is 19.8 Å². The van der Waals surface area contributed by atoms with Gasteiger partial charge in [0.05, 0.1) is 6.54 Å². The van der Waals surface area contributed by atoms with Crippen LogP contribution in [-0.4, -0.2) is 20.2 Å². The third-order valence-electron chi connectivity index (χ3n) is 4.67. The second kappa shape index (κ2) is 5.35. The number of nitrogens with zero attached hydrogens (tertiary/aromatic N) is 4. The highest BCUT2D eigenvalue weighted by Gasteiger charge is 2.33. The lowest BCUT2D eigenvalue weighted by Crippen LogP contribution is -2.24. The maximum atomic E-state index is 5.87. The summed E-state index contributed by atoms with van der Waals surface area (Å²) >= 11 is 0. The highest BCUT2D eigenvalue weighted by molar-refractivity contribution is 5.67. The minimum atomic E-state index is 0.329. The summed E-state index contributed by atoms with van der Waals surface area (Å²) in [5, 5.41) is 12.2. The van der Waals surface area contributed by atoms with E-state index < -0.39 is 0 Å². The zero-order chi connectivity index (χ0) is 14.9. The van der Waals surface area contributed by atoms with Gasteiger partial charge in [0.1, 0.15) is 0 Å². The first-order chi connectivity index (χ1) is 10.1. The Morgan fingerprint density at radius 1 is 1.14 bits per heavy atom. The number of hydrogen-bond acceptors (Lipinski definition) is 5. The van der Waals surface area contributed by atoms with Gasteiger partial charge in [0.2, 0.25) is 0 Å². The molecule has 6 heteroatoms. The van der Waals surface area contributed by atoms with E-state index in [0.29, 0.717) is 16.8 Å². The Balaban J connectivity index is 1.93. The average molecular weight is 286 g/mol. The van der Waals surface area contributed by atoms with Gasteiger partial charge in [-0.25, -0.2) is 4.68 Å². The number of anilines is 2. The molecule has 1 saturated carbocycles. The third-order valence-corrected chi connectivity index (χ3v) is 4.67. The van der Waals surface area contributed by atoms with Gasteiger partial charge in [0, 0.05) is 16.9 Å². The molecular formula is C15H22N6. The molecule has 1 aromatic heterocycles. The molecule has 6 nitrogen and oxygen atoms in total. The fourth-order valence-electron chi connectivity index (χ4n) is 3.39. The lowest BCUT2D eigenvalue weighted by Gasteiger charge is -2.27. The molecule has 0 radical (unpaired) electrons. The lowest BCUT2D eigenvalue weighted by atomic mass is 9.83. The van der Waals surface area contributed by atoms with Crippen molar-refractivity contribution in [1.29, 1.82) is 0 Å². The van der Waals surface area contributed by atoms with Crippen LogP contribution in [0.1, 0.15) is 39.0 Å². The normalized spacial score (nSPS) is 17.2. The van der Waals surface area contributed by atoms with Gasteiger partial charge in [-0.3, -0.25) is 0 Å². The number of nitrogens with two attached hydrogens (primary N) is 2. The van der Waals surface area contributed by atoms with Crippen molar-refractivity contribution in [3.63, 3.8) is 0 Å². The molecule has 0 saturated heterocycles. The summed E-state index contributed by atoms with van der Waals surface area (Å²) in [5.41, 5.74) is 14.2. The third kappa shape index (κ3) is 2.70. The van der Waals surface area contributed by atoms with Gasteiger partial charge in [0.15, 0.2) is 5.82 Å². The molecule has 2 aromatic rings. The Morgan fingerprint density at radius 3 is 2.43 bits per heavy atom. The molecule has 1 aliphatic carbocycles. The molecule has 1 aromatic carbocycles. The van der Waals surface area contributed by atoms with E-state index in [1.54, 1.807) is 6.07 Å². The molecule has 0 spiro atoms. The largest absolute Gasteiger partial charge is 0.399 e. The Labute approximate surface area is 124 Å². The van der Waals surface area contributed by atoms with Crippen LogP contribution >= 0.6 is 0 Å². The van der Waals surface area contributed by atoms with E-state index in [0.717, 1.165) is 24.4 Å². The van der Waals surface area contributed by atoms with Crippen LogP contribution in [0.4, 0.5) is 11.4 Å². The van der Waals surface area contributed by atoms with E-state index in [9.17, 15) is 0 Å². The Bertz CT molecular complexity index is 607. The van der Waals surface area contributed by atoms with Crippen molar-refractivity contribution in [1.82, 2.24) is 20.2 Å². The smallest absolute Gasteiger partial charge is 0.182 e. The average Bonchev–Trinajstić information content (AvgIpc) is 3.08. The molecule has 112 valence electrons. The molecular weight excluding hydrogens is 264 g/mol. The molecule has 1 heterocycles. The van der Waals surface area contributed by atoms with Crippen LogP contribution in [0.2, 0.25) is 0 Å². The summed E-state index contributed by atoms with van der Waals surface area (Å²) in [7, 11) is 0. The van der Waals surface area contributed by atoms with Crippen LogP contribution in [0.15, 0.2) is 18.2 Å². The van der Waals surface area contributed by atoms with Crippen molar-refractivity contribution in [2.24, 2.45) is 5.41 Å². The quantitative estimate of drug-likeness (QED) is 0.842. The number of hydrogen-bond donors (Lipinski definition) is 2. The maximum Gasteiger partial charge on any atom is 0.182 e. The maximum absolute atomic E-state index is 5.87. The lowest BCUT2D eigenvalue weighted by molar-refractivity contribution is 0.226. The van der Waals surface area contributed by atoms with Crippen LogP contribution in [0.25, 0.3) is 11.4 Å². The molecule has 21 heavy (non-hydrogen) atoms. The second-order valence-corrected chi connectivity index (χ2v) is 6.11. The molecule has 0 bridgehead atoms. The van der Waals surface area contributed by atoms with E-state index in [-0.39, 0.29) is 0 Å². The van der Waals surface area contributed by atoms with Gasteiger partial charge in [-0.2, -0.15) is 0 Å². The molecule has 1 aliphatic rings. The molecule has 4 N–H and O–H groups in total. The topological polar surface area (TPSA) is 95.6 Å². The first-order valence-corrected chi connectivity index (χ1v) is 7.54. The van der Waals surface area contributed by atoms with Gasteiger partial charge < -0.3 is 11.5 Å². The number of aromatic nitrogens is 4. The summed E-state index contributed by atoms with van der Waals surface area (Å²) in [5.74, 6) is 0.744. The Morgan fingerprint density at radius 2 is 1.81 bits per heavy atom. The molecule has 1 fully saturated rings. The first-order valence-electron chi connectivity index (χ1n) is 7.54. The number of benzene rings is 1. The van der Waals surface area contributed by atoms with Crippen LogP contribution in [0.3, 0.4) is 0 Å². The van der Waals surface area contributed by atoms with E-state index >= 15 is 0 Å². The first kappa shape index (κ1) is 13.9. The number of nitrogen functional groups attached to an aromatic ring is 2. The monoisotopic (exact) mass is 286 g/mol. The van der Waals surface area contributed by atoms with Gasteiger partial charge in [-0.15, -0.1) is 5.10 Å². The van der Waals surface area contributed by atoms with Crippen molar-refractivity contribution in [2.45, 2.75) is 45.6 Å². The summed E-state index contributed by atoms with van der Waals surface area (Å²) in [6.07, 6.45) is 6.27. The number of tetrazole rings is 1. The second-order valence-electron chi connectivity index (χ2n) is 6.11. The zero-order valence-corrected chi connectivity index (χ0v) is 12.4. The van der Waals surface area contributed by atoms with E-state index in [4.69, 9.17) is 11.5 Å². The highest BCUT2D eigenvalue weighted by atomic mass is 15.5. The van der Waals surface area contributed by atoms with Crippen LogP contribution in [0, 0.1) is 5.41 Å². The van der Waals surface area contributed by atoms with Crippen molar-refractivity contribution in [3.8, 4) is 11.4 Å². The predicted molar refractivity (Wildman–Crippen MR) is 83.3 cm³/mol. The minimum absolute atomic E-state index is 0.329. The van der Waals surface area contributed by atoms with Crippen LogP contribution < -0.4 is 11.5 Å². The predicted octanol–water partition coefficient (Wildman–Crippen LogP) is 2.47. The van der Waals surface area contributed by atoms with Gasteiger partial charge in [-0.05, 0) is 53.3 Å². The Hall–Kier alpha value is -2.11. The highest BCUT2D eigenvalue weighted by Crippen LogP contribution is 2.42. The van der Waals surface area contributed by atoms with Crippen LogP contribution in [-0.2, 0) is 6.54 Å². The van der Waals surface area contributed by atoms with Crippen molar-refractivity contribution < 1.29 is 0 Å². The van der Waals surface area contributed by atoms with Crippen LogP contribution in [0.5, 0.6) is 0 Å². The van der Waals surface area contributed by atoms with E-state index in [2.05, 4.69) is 22.4 Å². The molecule has 0 amide bonds. The standard InChI is InChI=1S/C15H22N6/c1-2-15(5-3-4-6-15)10-21-14(18-19-20-21)11-7-12(16)9-13(17)8-11/h7-9H,2-6,10,16-17H2,1H3. The van der Waals surface area contributed by atoms with Gasteiger partial charge in [0.25, 0.3) is 0 Å². The molecule has 0 unspecified atom stereocenters. The SMILES string of the molecule is CCC1(Cn2nnnc2-c2cc(N)cc(N)c2)CCCC1. The summed E-state index contributed by atoms with van der Waals surface area (Å²) in [6, 6.07) is 5.47. The van der Waals surface area contributed by atoms with Crippen molar-refractivity contribution in [2.75, 3.05) is 11.5 Å². The zero-order valence-electron chi connectivity index (χ0n) is 12.4. The minimum Gasteiger partial charge on any atom is -0.399 e. The fourth-order valence-corrected chi connectivity index (χ4v) is 3.39. The fraction of sp³-hybridized carbons (Fsp3) is 0.533. The van der Waals surface area contributed by atoms with E-state index in [1.807, 2.05) is 16.8 Å². The summed E-state index contributed by atoms with van der Waals surface area (Å²) in [6.45, 7) is 3.12.